The summed E-state index contributed by atoms with van der Waals surface area (Å²) in [6, 6.07) is 10.2. The molecule has 0 radical (unpaired) electrons. The van der Waals surface area contributed by atoms with Crippen molar-refractivity contribution in [1.29, 1.82) is 0 Å². The van der Waals surface area contributed by atoms with Gasteiger partial charge in [0.2, 0.25) is 0 Å². The molecule has 0 fully saturated rings. The van der Waals surface area contributed by atoms with Crippen LogP contribution < -0.4 is 0 Å². The Kier molecular flexibility index (Phi) is 7.71. The Hall–Kier alpha value is -2.83. The van der Waals surface area contributed by atoms with Gasteiger partial charge in [0.1, 0.15) is 28.9 Å². The summed E-state index contributed by atoms with van der Waals surface area (Å²) >= 11 is 6.23. The van der Waals surface area contributed by atoms with Gasteiger partial charge < -0.3 is 19.7 Å². The minimum Gasteiger partial charge on any atom is -0.507 e. The number of carbonyl (C=O) groups excluding carboxylic acids is 2. The second-order valence-corrected chi connectivity index (χ2v) is 7.83. The minimum atomic E-state index is -0.815. The van der Waals surface area contributed by atoms with E-state index in [9.17, 15) is 19.8 Å². The third-order valence-corrected chi connectivity index (χ3v) is 5.70. The highest BCUT2D eigenvalue weighted by atomic mass is 35.5. The predicted octanol–water partition coefficient (Wildman–Crippen LogP) is 4.91. The fraction of sp³-hybridized carbons (Fsp3) is 0.333. The quantitative estimate of drug-likeness (QED) is 0.505. The summed E-state index contributed by atoms with van der Waals surface area (Å²) in [6.45, 7) is 0. The van der Waals surface area contributed by atoms with Gasteiger partial charge in [0.05, 0.1) is 11.1 Å². The number of ether oxygens (including phenoxy) is 2. The largest absolute Gasteiger partial charge is 0.507 e. The van der Waals surface area contributed by atoms with E-state index >= 15 is 0 Å². The number of phenolic OH excluding ortho intramolecular Hbond substituents is 2. The molecule has 3 rings (SSSR count). The van der Waals surface area contributed by atoms with Crippen LogP contribution in [0.2, 0.25) is 5.02 Å². The van der Waals surface area contributed by atoms with E-state index in [4.69, 9.17) is 21.1 Å². The average molecular weight is 445 g/mol. The highest BCUT2D eigenvalue weighted by Crippen LogP contribution is 2.38. The van der Waals surface area contributed by atoms with Crippen LogP contribution in [0.15, 0.2) is 48.6 Å². The number of benzene rings is 2. The normalized spacial score (nSPS) is 20.6. The molecule has 2 aromatic rings. The summed E-state index contributed by atoms with van der Waals surface area (Å²) in [5.41, 5.74) is 0.625. The number of fused-ring (bicyclic) bond motifs is 1. The van der Waals surface area contributed by atoms with Gasteiger partial charge >= 0.3 is 5.97 Å². The van der Waals surface area contributed by atoms with E-state index < -0.39 is 23.6 Å². The van der Waals surface area contributed by atoms with E-state index in [1.165, 1.54) is 0 Å². The molecule has 1 unspecified atom stereocenters. The van der Waals surface area contributed by atoms with Gasteiger partial charge in [-0.2, -0.15) is 0 Å². The molecule has 1 aliphatic heterocycles. The molecule has 2 aromatic carbocycles. The zero-order chi connectivity index (χ0) is 22.4. The van der Waals surface area contributed by atoms with E-state index in [1.54, 1.807) is 7.11 Å². The summed E-state index contributed by atoms with van der Waals surface area (Å²) in [4.78, 5) is 25.8. The zero-order valence-corrected chi connectivity index (χ0v) is 18.0. The monoisotopic (exact) mass is 444 g/mol. The number of halogens is 1. The molecule has 0 aromatic heterocycles. The van der Waals surface area contributed by atoms with E-state index in [0.29, 0.717) is 19.3 Å². The maximum atomic E-state index is 13.1. The van der Waals surface area contributed by atoms with Crippen molar-refractivity contribution in [3.8, 4) is 11.5 Å². The summed E-state index contributed by atoms with van der Waals surface area (Å²) < 4.78 is 11.2. The third-order valence-electron chi connectivity index (χ3n) is 5.28. The molecule has 6 nitrogen and oxygen atoms in total. The van der Waals surface area contributed by atoms with Crippen LogP contribution in [0.25, 0.3) is 0 Å². The van der Waals surface area contributed by atoms with Crippen molar-refractivity contribution in [2.75, 3.05) is 7.11 Å². The lowest BCUT2D eigenvalue weighted by atomic mass is 9.96. The molecule has 0 saturated heterocycles. The second kappa shape index (κ2) is 10.5. The first kappa shape index (κ1) is 22.8. The van der Waals surface area contributed by atoms with Gasteiger partial charge in [-0.1, -0.05) is 54.1 Å². The summed E-state index contributed by atoms with van der Waals surface area (Å²) in [7, 11) is 1.55. The third kappa shape index (κ3) is 5.66. The average Bonchev–Trinajstić information content (AvgIpc) is 2.75. The summed E-state index contributed by atoms with van der Waals surface area (Å²) in [6.07, 6.45) is 4.71. The smallest absolute Gasteiger partial charge is 0.342 e. The van der Waals surface area contributed by atoms with Crippen molar-refractivity contribution >= 4 is 23.4 Å². The number of esters is 1. The van der Waals surface area contributed by atoms with Gasteiger partial charge in [0, 0.05) is 38.0 Å². The van der Waals surface area contributed by atoms with Crippen LogP contribution in [0, 0.1) is 0 Å². The molecule has 0 saturated carbocycles. The standard InChI is InChI=1S/C24H25ClO6/c1-30-17-10-6-3-7-11-21(15-8-4-2-5-9-15)31-24(29)22-18(13-16(26)12-17)23(25)20(28)14-19(22)27/h2-5,7-9,14,17,21,27-28H,6,10-13H2,1H3/t17?,21-/m1/s1. The number of rotatable bonds is 2. The van der Waals surface area contributed by atoms with Gasteiger partial charge in [0.25, 0.3) is 0 Å². The van der Waals surface area contributed by atoms with Gasteiger partial charge in [-0.25, -0.2) is 4.79 Å². The fourth-order valence-corrected chi connectivity index (χ4v) is 3.85. The molecule has 0 amide bonds. The number of Topliss-reactive ketones (excluding diaryl/α,β-unsaturated/α-hetero) is 1. The molecule has 0 aliphatic carbocycles. The van der Waals surface area contributed by atoms with Gasteiger partial charge in [-0.3, -0.25) is 4.79 Å². The molecule has 0 spiro atoms. The van der Waals surface area contributed by atoms with Crippen LogP contribution in [-0.2, 0) is 20.7 Å². The first-order valence-electron chi connectivity index (χ1n) is 10.1. The molecular formula is C24H25ClO6. The number of methoxy groups -OCH3 is 1. The zero-order valence-electron chi connectivity index (χ0n) is 17.2. The minimum absolute atomic E-state index is 0.0448. The molecule has 2 N–H and O–H groups in total. The Morgan fingerprint density at radius 2 is 1.84 bits per heavy atom. The predicted molar refractivity (Wildman–Crippen MR) is 116 cm³/mol. The Balaban J connectivity index is 2.05. The fourth-order valence-electron chi connectivity index (χ4n) is 3.63. The molecule has 164 valence electrons. The van der Waals surface area contributed by atoms with Crippen molar-refractivity contribution in [1.82, 2.24) is 0 Å². The van der Waals surface area contributed by atoms with Crippen molar-refractivity contribution in [3.63, 3.8) is 0 Å². The highest BCUT2D eigenvalue weighted by Gasteiger charge is 2.28. The Morgan fingerprint density at radius 1 is 1.10 bits per heavy atom. The van der Waals surface area contributed by atoms with Crippen molar-refractivity contribution in [3.05, 3.63) is 70.3 Å². The number of aromatic hydroxyl groups is 2. The van der Waals surface area contributed by atoms with E-state index in [2.05, 4.69) is 0 Å². The van der Waals surface area contributed by atoms with Crippen LogP contribution in [0.3, 0.4) is 0 Å². The van der Waals surface area contributed by atoms with Crippen LogP contribution in [0.5, 0.6) is 11.5 Å². The first-order chi connectivity index (χ1) is 14.9. The van der Waals surface area contributed by atoms with Crippen LogP contribution >= 0.6 is 11.6 Å². The van der Waals surface area contributed by atoms with Crippen LogP contribution in [0.4, 0.5) is 0 Å². The molecule has 7 heteroatoms. The lowest BCUT2D eigenvalue weighted by Gasteiger charge is -2.20. The number of carbonyl (C=O) groups is 2. The van der Waals surface area contributed by atoms with Crippen molar-refractivity contribution < 1.29 is 29.3 Å². The number of allylic oxidation sites excluding steroid dienone is 1. The summed E-state index contributed by atoms with van der Waals surface area (Å²) in [5.74, 6) is -1.95. The van der Waals surface area contributed by atoms with Crippen molar-refractivity contribution in [2.24, 2.45) is 0 Å². The number of hydrogen-bond donors (Lipinski definition) is 2. The van der Waals surface area contributed by atoms with E-state index in [-0.39, 0.29) is 40.9 Å². The second-order valence-electron chi connectivity index (χ2n) is 7.45. The molecule has 1 aliphatic rings. The Labute approximate surface area is 186 Å². The summed E-state index contributed by atoms with van der Waals surface area (Å²) in [5, 5.41) is 20.3. The molecule has 1 heterocycles. The highest BCUT2D eigenvalue weighted by molar-refractivity contribution is 6.33. The Bertz CT molecular complexity index is 970. The SMILES string of the molecule is COC1CCC=CC[C@H](c2ccccc2)OC(=O)c2c(O)cc(O)c(Cl)c2CC(=O)C1. The lowest BCUT2D eigenvalue weighted by Crippen LogP contribution is -2.20. The topological polar surface area (TPSA) is 93.1 Å². The Morgan fingerprint density at radius 3 is 2.55 bits per heavy atom. The van der Waals surface area contributed by atoms with Crippen LogP contribution in [-0.4, -0.2) is 35.2 Å². The van der Waals surface area contributed by atoms with E-state index in [0.717, 1.165) is 11.6 Å². The first-order valence-corrected chi connectivity index (χ1v) is 10.5. The van der Waals surface area contributed by atoms with E-state index in [1.807, 2.05) is 42.5 Å². The number of hydrogen-bond acceptors (Lipinski definition) is 6. The molecule has 31 heavy (non-hydrogen) atoms. The van der Waals surface area contributed by atoms with Gasteiger partial charge in [-0.05, 0) is 18.4 Å². The van der Waals surface area contributed by atoms with Crippen LogP contribution in [0.1, 0.15) is 53.3 Å². The number of ketones is 1. The molecule has 2 atom stereocenters. The van der Waals surface area contributed by atoms with Gasteiger partial charge in [-0.15, -0.1) is 0 Å². The lowest BCUT2D eigenvalue weighted by molar-refractivity contribution is -0.120. The number of phenols is 2. The van der Waals surface area contributed by atoms with Crippen molar-refractivity contribution in [2.45, 2.75) is 44.3 Å². The maximum Gasteiger partial charge on any atom is 0.342 e. The number of cyclic esters (lactones) is 1. The molecular weight excluding hydrogens is 420 g/mol. The van der Waals surface area contributed by atoms with Gasteiger partial charge in [0.15, 0.2) is 0 Å². The molecule has 0 bridgehead atoms. The maximum absolute atomic E-state index is 13.1.